The number of esters is 1. The van der Waals surface area contributed by atoms with Crippen molar-refractivity contribution in [1.82, 2.24) is 14.3 Å². The molecule has 7 heteroatoms. The van der Waals surface area contributed by atoms with Crippen LogP contribution in [0, 0.1) is 10.7 Å². The first kappa shape index (κ1) is 16.9. The predicted octanol–water partition coefficient (Wildman–Crippen LogP) is 1.22. The number of hydrogen-bond donors (Lipinski definition) is 1. The van der Waals surface area contributed by atoms with Gasteiger partial charge in [-0.1, -0.05) is 18.2 Å². The van der Waals surface area contributed by atoms with Crippen LogP contribution in [0.5, 0.6) is 0 Å². The number of nitrogens with one attached hydrogen (secondary N) is 1. The highest BCUT2D eigenvalue weighted by Crippen LogP contribution is 2.12. The van der Waals surface area contributed by atoms with Gasteiger partial charge in [0.05, 0.1) is 25.6 Å². The van der Waals surface area contributed by atoms with E-state index in [-0.39, 0.29) is 11.9 Å². The van der Waals surface area contributed by atoms with E-state index in [0.29, 0.717) is 11.4 Å². The summed E-state index contributed by atoms with van der Waals surface area (Å²) in [5.74, 6) is -0.00920. The van der Waals surface area contributed by atoms with E-state index in [1.165, 1.54) is 4.90 Å². The molecule has 6 nitrogen and oxygen atoms in total. The third-order valence-electron chi connectivity index (χ3n) is 4.45. The van der Waals surface area contributed by atoms with Gasteiger partial charge in [0.25, 0.3) is 0 Å². The highest BCUT2D eigenvalue weighted by atomic mass is 32.1. The summed E-state index contributed by atoms with van der Waals surface area (Å²) in [6.45, 7) is 4.90. The molecule has 1 N–H and O–H groups in total. The van der Waals surface area contributed by atoms with Crippen molar-refractivity contribution < 1.29 is 14.4 Å². The summed E-state index contributed by atoms with van der Waals surface area (Å²) in [5, 5.41) is 4.43. The van der Waals surface area contributed by atoms with E-state index >= 15 is 0 Å². The lowest BCUT2D eigenvalue weighted by molar-refractivity contribution is -0.929. The Kier molecular flexibility index (Phi) is 5.42. The molecule has 0 radical (unpaired) electrons. The van der Waals surface area contributed by atoms with Crippen LogP contribution in [0.25, 0.3) is 5.69 Å². The van der Waals surface area contributed by atoms with Crippen LogP contribution in [0.4, 0.5) is 0 Å². The molecule has 0 unspecified atom stereocenters. The van der Waals surface area contributed by atoms with E-state index in [1.54, 1.807) is 6.33 Å². The molecule has 0 saturated carbocycles. The first-order chi connectivity index (χ1) is 11.7. The number of carbonyl (C=O) groups is 1. The zero-order valence-corrected chi connectivity index (χ0v) is 14.7. The van der Waals surface area contributed by atoms with Gasteiger partial charge in [-0.05, 0) is 31.3 Å². The topological polar surface area (TPSA) is 53.5 Å². The number of likely N-dealkylation sites (tertiary alicyclic amines) is 1. The van der Waals surface area contributed by atoms with Gasteiger partial charge in [-0.3, -0.25) is 9.36 Å². The van der Waals surface area contributed by atoms with Crippen molar-refractivity contribution in [3.63, 3.8) is 0 Å². The summed E-state index contributed by atoms with van der Waals surface area (Å²) in [6, 6.07) is 9.98. The number of nitrogens with zero attached hydrogens (tertiary/aromatic N) is 3. The molecule has 0 bridgehead atoms. The average molecular weight is 347 g/mol. The quantitative estimate of drug-likeness (QED) is 0.653. The molecule has 1 aromatic carbocycles. The third-order valence-corrected chi connectivity index (χ3v) is 4.86. The Labute approximate surface area is 146 Å². The standard InChI is InChI=1S/C17H22N4O2S/c1-2-23-16(22)14-8-10-19(11-9-14)13-21-17(24)20(12-18-21)15-6-4-3-5-7-15/h3-7,12,14H,2,8-11,13H2,1H3/p+1. The minimum absolute atomic E-state index is 0.0450. The van der Waals surface area contributed by atoms with Gasteiger partial charge in [0.2, 0.25) is 4.77 Å². The maximum absolute atomic E-state index is 11.8. The number of rotatable bonds is 5. The van der Waals surface area contributed by atoms with E-state index < -0.39 is 0 Å². The molecule has 128 valence electrons. The van der Waals surface area contributed by atoms with E-state index in [1.807, 2.05) is 46.5 Å². The van der Waals surface area contributed by atoms with Crippen LogP contribution >= 0.6 is 12.2 Å². The van der Waals surface area contributed by atoms with Crippen molar-refractivity contribution in [3.8, 4) is 5.69 Å². The van der Waals surface area contributed by atoms with Crippen molar-refractivity contribution in [3.05, 3.63) is 41.4 Å². The van der Waals surface area contributed by atoms with E-state index in [9.17, 15) is 4.79 Å². The molecule has 0 atom stereocenters. The number of aromatic nitrogens is 3. The summed E-state index contributed by atoms with van der Waals surface area (Å²) < 4.78 is 9.60. The fourth-order valence-corrected chi connectivity index (χ4v) is 3.37. The molecular formula is C17H23N4O2S+. The highest BCUT2D eigenvalue weighted by molar-refractivity contribution is 7.71. The number of para-hydroxylation sites is 1. The molecule has 2 aromatic rings. The Morgan fingerprint density at radius 1 is 1.33 bits per heavy atom. The first-order valence-electron chi connectivity index (χ1n) is 8.39. The van der Waals surface area contributed by atoms with Gasteiger partial charge in [0.15, 0.2) is 6.67 Å². The molecule has 3 rings (SSSR count). The average Bonchev–Trinajstić information content (AvgIpc) is 2.97. The number of piperidine rings is 1. The Balaban J connectivity index is 1.61. The number of carbonyl (C=O) groups excluding carboxylic acids is 1. The van der Waals surface area contributed by atoms with Crippen LogP contribution in [0.15, 0.2) is 36.7 Å². The van der Waals surface area contributed by atoms with Gasteiger partial charge < -0.3 is 9.64 Å². The van der Waals surface area contributed by atoms with Crippen molar-refractivity contribution in [2.45, 2.75) is 26.4 Å². The molecule has 0 spiro atoms. The number of ether oxygens (including phenoxy) is 1. The fraction of sp³-hybridized carbons (Fsp3) is 0.471. The summed E-state index contributed by atoms with van der Waals surface area (Å²) in [4.78, 5) is 13.2. The predicted molar refractivity (Wildman–Crippen MR) is 92.4 cm³/mol. The monoisotopic (exact) mass is 347 g/mol. The molecular weight excluding hydrogens is 324 g/mol. The molecule has 0 amide bonds. The number of hydrogen-bond acceptors (Lipinski definition) is 4. The summed E-state index contributed by atoms with van der Waals surface area (Å²) in [5.41, 5.74) is 1.02. The van der Waals surface area contributed by atoms with Gasteiger partial charge in [-0.2, -0.15) is 9.78 Å². The smallest absolute Gasteiger partial charge is 0.309 e. The lowest BCUT2D eigenvalue weighted by Crippen LogP contribution is -3.12. The van der Waals surface area contributed by atoms with Crippen LogP contribution in [0.1, 0.15) is 19.8 Å². The van der Waals surface area contributed by atoms with Crippen LogP contribution in [-0.4, -0.2) is 40.0 Å². The van der Waals surface area contributed by atoms with Crippen LogP contribution < -0.4 is 4.90 Å². The van der Waals surface area contributed by atoms with E-state index in [0.717, 1.165) is 38.3 Å². The minimum atomic E-state index is -0.0542. The molecule has 1 aliphatic rings. The third kappa shape index (κ3) is 3.73. The van der Waals surface area contributed by atoms with Crippen molar-refractivity contribution >= 4 is 18.2 Å². The normalized spacial score (nSPS) is 20.7. The van der Waals surface area contributed by atoms with Crippen LogP contribution in [0.3, 0.4) is 0 Å². The fourth-order valence-electron chi connectivity index (χ4n) is 3.10. The van der Waals surface area contributed by atoms with Gasteiger partial charge in [-0.25, -0.2) is 0 Å². The van der Waals surface area contributed by atoms with E-state index in [2.05, 4.69) is 5.10 Å². The van der Waals surface area contributed by atoms with Gasteiger partial charge in [0, 0.05) is 18.5 Å². The largest absolute Gasteiger partial charge is 0.466 e. The molecule has 0 aliphatic carbocycles. The Bertz CT molecular complexity index is 733. The summed E-state index contributed by atoms with van der Waals surface area (Å²) in [7, 11) is 0. The van der Waals surface area contributed by atoms with Gasteiger partial charge in [-0.15, -0.1) is 0 Å². The second-order valence-corrected chi connectivity index (χ2v) is 6.42. The van der Waals surface area contributed by atoms with Gasteiger partial charge in [0.1, 0.15) is 6.33 Å². The zero-order chi connectivity index (χ0) is 16.9. The maximum atomic E-state index is 11.8. The minimum Gasteiger partial charge on any atom is -0.466 e. The van der Waals surface area contributed by atoms with E-state index in [4.69, 9.17) is 17.0 Å². The Morgan fingerprint density at radius 2 is 2.04 bits per heavy atom. The lowest BCUT2D eigenvalue weighted by Gasteiger charge is -2.27. The zero-order valence-electron chi connectivity index (χ0n) is 13.9. The second kappa shape index (κ2) is 7.72. The molecule has 24 heavy (non-hydrogen) atoms. The number of benzene rings is 1. The van der Waals surface area contributed by atoms with Crippen LogP contribution in [0.2, 0.25) is 0 Å². The Morgan fingerprint density at radius 3 is 2.71 bits per heavy atom. The van der Waals surface area contributed by atoms with Crippen molar-refractivity contribution in [2.75, 3.05) is 19.7 Å². The molecule has 1 aromatic heterocycles. The lowest BCUT2D eigenvalue weighted by atomic mass is 9.97. The Hall–Kier alpha value is -1.99. The number of quaternary nitrogens is 1. The summed E-state index contributed by atoms with van der Waals surface area (Å²) >= 11 is 5.55. The summed E-state index contributed by atoms with van der Waals surface area (Å²) in [6.07, 6.45) is 3.49. The van der Waals surface area contributed by atoms with Crippen molar-refractivity contribution in [1.29, 1.82) is 0 Å². The maximum Gasteiger partial charge on any atom is 0.309 e. The van der Waals surface area contributed by atoms with Crippen molar-refractivity contribution in [2.24, 2.45) is 5.92 Å². The molecule has 1 fully saturated rings. The first-order valence-corrected chi connectivity index (χ1v) is 8.80. The SMILES string of the molecule is CCOC(=O)C1CC[NH+](Cn2ncn(-c3ccccc3)c2=S)CC1. The molecule has 1 aliphatic heterocycles. The van der Waals surface area contributed by atoms with Crippen LogP contribution in [-0.2, 0) is 16.2 Å². The van der Waals surface area contributed by atoms with Gasteiger partial charge >= 0.3 is 5.97 Å². The molecule has 2 heterocycles. The highest BCUT2D eigenvalue weighted by Gasteiger charge is 2.28. The molecule has 1 saturated heterocycles. The second-order valence-electron chi connectivity index (χ2n) is 6.05.